The minimum Gasteiger partial charge on any atom is -0.497 e. The molecule has 1 aromatic rings. The summed E-state index contributed by atoms with van der Waals surface area (Å²) in [7, 11) is 3.08. The molecule has 4 nitrogen and oxygen atoms in total. The Hall–Kier alpha value is -1.55. The molecule has 2 N–H and O–H groups in total. The van der Waals surface area contributed by atoms with Crippen molar-refractivity contribution in [3.05, 3.63) is 23.3 Å². The van der Waals surface area contributed by atoms with Gasteiger partial charge in [0, 0.05) is 0 Å². The number of carbonyl (C=O) groups is 1. The van der Waals surface area contributed by atoms with E-state index in [0.717, 1.165) is 5.56 Å². The summed E-state index contributed by atoms with van der Waals surface area (Å²) in [6.07, 6.45) is 0. The first-order valence-electron chi connectivity index (χ1n) is 4.60. The van der Waals surface area contributed by atoms with Gasteiger partial charge in [-0.25, -0.2) is 0 Å². The van der Waals surface area contributed by atoms with Crippen LogP contribution in [0.25, 0.3) is 0 Å². The van der Waals surface area contributed by atoms with Crippen molar-refractivity contribution in [3.8, 4) is 11.5 Å². The third-order valence-electron chi connectivity index (χ3n) is 2.17. The normalized spacial score (nSPS) is 9.87. The molecule has 0 aliphatic heterocycles. The molecule has 15 heavy (non-hydrogen) atoms. The zero-order chi connectivity index (χ0) is 11.4. The maximum absolute atomic E-state index is 11.6. The van der Waals surface area contributed by atoms with E-state index in [1.165, 1.54) is 7.11 Å². The average Bonchev–Trinajstić information content (AvgIpc) is 2.26. The molecule has 0 unspecified atom stereocenters. The molecule has 1 rings (SSSR count). The van der Waals surface area contributed by atoms with E-state index in [4.69, 9.17) is 15.2 Å². The van der Waals surface area contributed by atoms with Gasteiger partial charge in [-0.05, 0) is 24.6 Å². The Morgan fingerprint density at radius 1 is 1.33 bits per heavy atom. The monoisotopic (exact) mass is 209 g/mol. The van der Waals surface area contributed by atoms with Crippen molar-refractivity contribution in [1.82, 2.24) is 0 Å². The zero-order valence-corrected chi connectivity index (χ0v) is 9.16. The predicted molar refractivity (Wildman–Crippen MR) is 57.7 cm³/mol. The summed E-state index contributed by atoms with van der Waals surface area (Å²) in [6, 6.07) is 3.45. The lowest BCUT2D eigenvalue weighted by atomic mass is 10.1. The lowest BCUT2D eigenvalue weighted by molar-refractivity contribution is 0.0998. The smallest absolute Gasteiger partial charge is 0.180 e. The number of carbonyl (C=O) groups excluding carboxylic acids is 1. The Bertz CT molecular complexity index is 374. The Labute approximate surface area is 89.0 Å². The van der Waals surface area contributed by atoms with Gasteiger partial charge in [-0.1, -0.05) is 0 Å². The van der Waals surface area contributed by atoms with E-state index in [1.54, 1.807) is 13.2 Å². The Kier molecular flexibility index (Phi) is 3.68. The average molecular weight is 209 g/mol. The van der Waals surface area contributed by atoms with Crippen LogP contribution in [-0.2, 0) is 0 Å². The van der Waals surface area contributed by atoms with Gasteiger partial charge in [-0.3, -0.25) is 4.79 Å². The second-order valence-corrected chi connectivity index (χ2v) is 3.15. The molecule has 82 valence electrons. The first kappa shape index (κ1) is 11.5. The standard InChI is InChI=1S/C11H15NO3/c1-7-4-8(14-2)5-9(10(13)6-12)11(7)15-3/h4-5H,6,12H2,1-3H3. The fourth-order valence-electron chi connectivity index (χ4n) is 1.45. The molecule has 0 aromatic heterocycles. The van der Waals surface area contributed by atoms with E-state index in [1.807, 2.05) is 13.0 Å². The highest BCUT2D eigenvalue weighted by molar-refractivity contribution is 6.00. The minimum atomic E-state index is -0.158. The molecular formula is C11H15NO3. The molecule has 4 heteroatoms. The van der Waals surface area contributed by atoms with Crippen LogP contribution < -0.4 is 15.2 Å². The van der Waals surface area contributed by atoms with Crippen LogP contribution in [-0.4, -0.2) is 26.5 Å². The van der Waals surface area contributed by atoms with E-state index in [2.05, 4.69) is 0 Å². The van der Waals surface area contributed by atoms with Crippen molar-refractivity contribution in [2.24, 2.45) is 5.73 Å². The molecule has 0 heterocycles. The van der Waals surface area contributed by atoms with Gasteiger partial charge in [-0.2, -0.15) is 0 Å². The minimum absolute atomic E-state index is 0.0387. The van der Waals surface area contributed by atoms with Gasteiger partial charge >= 0.3 is 0 Å². The fourth-order valence-corrected chi connectivity index (χ4v) is 1.45. The summed E-state index contributed by atoms with van der Waals surface area (Å²) in [5, 5.41) is 0. The third-order valence-corrected chi connectivity index (χ3v) is 2.17. The van der Waals surface area contributed by atoms with Gasteiger partial charge in [0.05, 0.1) is 26.3 Å². The maximum Gasteiger partial charge on any atom is 0.180 e. The molecule has 0 spiro atoms. The largest absolute Gasteiger partial charge is 0.497 e. The molecule has 0 atom stereocenters. The summed E-state index contributed by atoms with van der Waals surface area (Å²) in [5.74, 6) is 1.03. The van der Waals surface area contributed by atoms with Gasteiger partial charge in [0.25, 0.3) is 0 Å². The summed E-state index contributed by atoms with van der Waals surface area (Å²) in [6.45, 7) is 1.82. The number of hydrogen-bond donors (Lipinski definition) is 1. The quantitative estimate of drug-likeness (QED) is 0.756. The Balaban J connectivity index is 3.32. The number of nitrogens with two attached hydrogens (primary N) is 1. The molecule has 0 radical (unpaired) electrons. The zero-order valence-electron chi connectivity index (χ0n) is 9.16. The number of ether oxygens (including phenoxy) is 2. The third kappa shape index (κ3) is 2.27. The van der Waals surface area contributed by atoms with Crippen molar-refractivity contribution in [2.45, 2.75) is 6.92 Å². The fraction of sp³-hybridized carbons (Fsp3) is 0.364. The highest BCUT2D eigenvalue weighted by atomic mass is 16.5. The van der Waals surface area contributed by atoms with E-state index in [9.17, 15) is 4.79 Å². The Morgan fingerprint density at radius 2 is 2.00 bits per heavy atom. The summed E-state index contributed by atoms with van der Waals surface area (Å²) < 4.78 is 10.2. The van der Waals surface area contributed by atoms with Crippen molar-refractivity contribution in [2.75, 3.05) is 20.8 Å². The van der Waals surface area contributed by atoms with E-state index >= 15 is 0 Å². The number of methoxy groups -OCH3 is 2. The molecule has 0 aliphatic carbocycles. The molecule has 0 fully saturated rings. The van der Waals surface area contributed by atoms with Crippen LogP contribution in [0.1, 0.15) is 15.9 Å². The highest BCUT2D eigenvalue weighted by Gasteiger charge is 2.14. The van der Waals surface area contributed by atoms with Gasteiger partial charge in [0.2, 0.25) is 0 Å². The van der Waals surface area contributed by atoms with E-state index in [0.29, 0.717) is 17.1 Å². The van der Waals surface area contributed by atoms with Crippen LogP contribution >= 0.6 is 0 Å². The number of aryl methyl sites for hydroxylation is 1. The van der Waals surface area contributed by atoms with Crippen LogP contribution in [0.2, 0.25) is 0 Å². The first-order chi connectivity index (χ1) is 7.13. The summed E-state index contributed by atoms with van der Waals surface area (Å²) in [5.41, 5.74) is 6.65. The highest BCUT2D eigenvalue weighted by Crippen LogP contribution is 2.28. The number of rotatable bonds is 4. The van der Waals surface area contributed by atoms with E-state index in [-0.39, 0.29) is 12.3 Å². The molecule has 0 bridgehead atoms. The van der Waals surface area contributed by atoms with Gasteiger partial charge in [0.1, 0.15) is 11.5 Å². The van der Waals surface area contributed by atoms with Crippen LogP contribution in [0.5, 0.6) is 11.5 Å². The summed E-state index contributed by atoms with van der Waals surface area (Å²) in [4.78, 5) is 11.6. The van der Waals surface area contributed by atoms with Crippen LogP contribution in [0, 0.1) is 6.92 Å². The van der Waals surface area contributed by atoms with Gasteiger partial charge in [0.15, 0.2) is 5.78 Å². The van der Waals surface area contributed by atoms with Crippen molar-refractivity contribution in [1.29, 1.82) is 0 Å². The lowest BCUT2D eigenvalue weighted by Gasteiger charge is -2.12. The molecule has 1 aromatic carbocycles. The molecular weight excluding hydrogens is 194 g/mol. The number of Topliss-reactive ketones (excluding diaryl/α,β-unsaturated/α-hetero) is 1. The van der Waals surface area contributed by atoms with Crippen molar-refractivity contribution >= 4 is 5.78 Å². The molecule has 0 amide bonds. The number of benzene rings is 1. The lowest BCUT2D eigenvalue weighted by Crippen LogP contribution is -2.15. The van der Waals surface area contributed by atoms with Gasteiger partial charge < -0.3 is 15.2 Å². The topological polar surface area (TPSA) is 61.5 Å². The van der Waals surface area contributed by atoms with Gasteiger partial charge in [-0.15, -0.1) is 0 Å². The van der Waals surface area contributed by atoms with Crippen LogP contribution in [0.15, 0.2) is 12.1 Å². The SMILES string of the molecule is COc1cc(C)c(OC)c(C(=O)CN)c1. The second kappa shape index (κ2) is 4.79. The maximum atomic E-state index is 11.6. The molecule has 0 saturated carbocycles. The number of ketones is 1. The van der Waals surface area contributed by atoms with Crippen LogP contribution in [0.3, 0.4) is 0 Å². The Morgan fingerprint density at radius 3 is 2.47 bits per heavy atom. The number of hydrogen-bond acceptors (Lipinski definition) is 4. The van der Waals surface area contributed by atoms with Crippen LogP contribution in [0.4, 0.5) is 0 Å². The van der Waals surface area contributed by atoms with Crippen molar-refractivity contribution in [3.63, 3.8) is 0 Å². The van der Waals surface area contributed by atoms with Crippen molar-refractivity contribution < 1.29 is 14.3 Å². The van der Waals surface area contributed by atoms with E-state index < -0.39 is 0 Å². The second-order valence-electron chi connectivity index (χ2n) is 3.15. The predicted octanol–water partition coefficient (Wildman–Crippen LogP) is 1.15. The molecule has 0 aliphatic rings. The first-order valence-corrected chi connectivity index (χ1v) is 4.60. The summed E-state index contributed by atoms with van der Waals surface area (Å²) >= 11 is 0. The molecule has 0 saturated heterocycles.